The van der Waals surface area contributed by atoms with Crippen molar-refractivity contribution in [3.8, 4) is 5.75 Å². The van der Waals surface area contributed by atoms with Crippen molar-refractivity contribution in [1.82, 2.24) is 4.90 Å². The van der Waals surface area contributed by atoms with Crippen LogP contribution in [0.3, 0.4) is 0 Å². The summed E-state index contributed by atoms with van der Waals surface area (Å²) in [6, 6.07) is 6.01. The number of aliphatic hydroxyl groups excluding tert-OH is 1. The van der Waals surface area contributed by atoms with Crippen molar-refractivity contribution < 1.29 is 33.7 Å². The number of rotatable bonds is 9. The molecule has 3 fully saturated rings. The number of alkyl halides is 1. The Morgan fingerprint density at radius 1 is 1.30 bits per heavy atom. The van der Waals surface area contributed by atoms with Crippen LogP contribution in [0, 0.1) is 11.8 Å². The lowest BCUT2D eigenvalue weighted by Crippen LogP contribution is -2.54. The maximum Gasteiger partial charge on any atom is 0.312 e. The molecule has 0 aromatic heterocycles. The first-order valence-corrected chi connectivity index (χ1v) is 12.1. The Hall–Kier alpha value is -2.17. The van der Waals surface area contributed by atoms with E-state index in [2.05, 4.69) is 21.2 Å². The number of hydrogen-bond donors (Lipinski definition) is 2. The molecule has 180 valence electrons. The van der Waals surface area contributed by atoms with Gasteiger partial charge in [-0.3, -0.25) is 14.4 Å². The van der Waals surface area contributed by atoms with Gasteiger partial charge >= 0.3 is 5.97 Å². The fourth-order valence-corrected chi connectivity index (χ4v) is 6.40. The summed E-state index contributed by atoms with van der Waals surface area (Å²) in [6.07, 6.45) is 0.929. The molecule has 1 aromatic rings. The summed E-state index contributed by atoms with van der Waals surface area (Å²) >= 11 is 3.61. The number of esters is 1. The lowest BCUT2D eigenvalue weighted by Gasteiger charge is -2.34. The molecular weight excluding hydrogens is 496 g/mol. The molecule has 3 aliphatic rings. The van der Waals surface area contributed by atoms with Crippen molar-refractivity contribution in [2.24, 2.45) is 11.8 Å². The van der Waals surface area contributed by atoms with E-state index in [4.69, 9.17) is 14.2 Å². The molecule has 3 saturated heterocycles. The van der Waals surface area contributed by atoms with E-state index in [1.807, 2.05) is 0 Å². The van der Waals surface area contributed by atoms with Crippen molar-refractivity contribution in [2.75, 3.05) is 32.2 Å². The van der Waals surface area contributed by atoms with Crippen LogP contribution in [0.2, 0.25) is 0 Å². The molecule has 2 bridgehead atoms. The Kier molecular flexibility index (Phi) is 6.97. The van der Waals surface area contributed by atoms with E-state index in [1.165, 1.54) is 4.90 Å². The molecular formula is C23H29BrN2O7. The number of aliphatic hydroxyl groups is 1. The maximum absolute atomic E-state index is 13.6. The highest BCUT2D eigenvalue weighted by atomic mass is 79.9. The van der Waals surface area contributed by atoms with Gasteiger partial charge in [0.2, 0.25) is 11.8 Å². The predicted molar refractivity (Wildman–Crippen MR) is 122 cm³/mol. The number of likely N-dealkylation sites (tertiary alicyclic amines) is 1. The zero-order valence-electron chi connectivity index (χ0n) is 18.7. The van der Waals surface area contributed by atoms with Crippen molar-refractivity contribution in [3.05, 3.63) is 24.3 Å². The molecule has 33 heavy (non-hydrogen) atoms. The largest absolute Gasteiger partial charge is 0.497 e. The fourth-order valence-electron chi connectivity index (χ4n) is 5.46. The molecule has 3 unspecified atom stereocenters. The second-order valence-electron chi connectivity index (χ2n) is 8.60. The quantitative estimate of drug-likeness (QED) is 0.287. The molecule has 6 atom stereocenters. The number of nitrogens with one attached hydrogen (secondary N) is 1. The molecule has 2 amide bonds. The van der Waals surface area contributed by atoms with Crippen molar-refractivity contribution in [3.63, 3.8) is 0 Å². The van der Waals surface area contributed by atoms with Crippen LogP contribution in [-0.2, 0) is 23.9 Å². The molecule has 2 N–H and O–H groups in total. The number of benzene rings is 1. The third kappa shape index (κ3) is 4.02. The number of unbranched alkanes of at least 4 members (excludes halogenated alkanes) is 1. The summed E-state index contributed by atoms with van der Waals surface area (Å²) in [5.41, 5.74) is -0.559. The van der Waals surface area contributed by atoms with Gasteiger partial charge in [-0.1, -0.05) is 15.9 Å². The molecule has 3 aliphatic heterocycles. The fraction of sp³-hybridized carbons (Fsp3) is 0.609. The second-order valence-corrected chi connectivity index (χ2v) is 9.77. The van der Waals surface area contributed by atoms with E-state index in [0.29, 0.717) is 30.7 Å². The number of carbonyl (C=O) groups is 3. The first-order valence-electron chi connectivity index (χ1n) is 11.2. The third-order valence-electron chi connectivity index (χ3n) is 6.76. The standard InChI is InChI=1S/C23H29BrN2O7/c1-3-32-22(30)16-17-21(29)26(10-4-5-11-27)19(23(17)12-15(24)18(16)33-23)20(28)25-13-6-8-14(31-2)9-7-13/h6-9,15-19,27H,3-5,10-12H2,1-2H3,(H,25,28)/t15?,16-,17+,18-,19?,23?/m1/s1. The molecule has 0 aliphatic carbocycles. The molecule has 1 spiro atoms. The van der Waals surface area contributed by atoms with Crippen LogP contribution in [0.25, 0.3) is 0 Å². The van der Waals surface area contributed by atoms with Gasteiger partial charge in [-0.05, 0) is 50.5 Å². The summed E-state index contributed by atoms with van der Waals surface area (Å²) in [5, 5.41) is 12.1. The van der Waals surface area contributed by atoms with Gasteiger partial charge in [-0.15, -0.1) is 0 Å². The van der Waals surface area contributed by atoms with E-state index in [0.717, 1.165) is 0 Å². The van der Waals surface area contributed by atoms with Crippen LogP contribution < -0.4 is 10.1 Å². The average molecular weight is 525 g/mol. The van der Waals surface area contributed by atoms with Gasteiger partial charge < -0.3 is 29.5 Å². The molecule has 10 heteroatoms. The Balaban J connectivity index is 1.67. The van der Waals surface area contributed by atoms with E-state index in [1.54, 1.807) is 38.3 Å². The number of nitrogens with zero attached hydrogens (tertiary/aromatic N) is 1. The number of halogens is 1. The lowest BCUT2D eigenvalue weighted by molar-refractivity contribution is -0.154. The summed E-state index contributed by atoms with van der Waals surface area (Å²) < 4.78 is 16.8. The van der Waals surface area contributed by atoms with Gasteiger partial charge in [0.15, 0.2) is 0 Å². The van der Waals surface area contributed by atoms with Crippen LogP contribution in [-0.4, -0.2) is 77.2 Å². The maximum atomic E-state index is 13.6. The monoisotopic (exact) mass is 524 g/mol. The van der Waals surface area contributed by atoms with E-state index < -0.39 is 35.6 Å². The highest BCUT2D eigenvalue weighted by Gasteiger charge is 2.76. The molecule has 1 aromatic carbocycles. The minimum atomic E-state index is -1.12. The summed E-state index contributed by atoms with van der Waals surface area (Å²) in [4.78, 5) is 41.4. The number of hydrogen-bond acceptors (Lipinski definition) is 7. The van der Waals surface area contributed by atoms with E-state index in [-0.39, 0.29) is 36.4 Å². The first kappa shape index (κ1) is 24.0. The third-order valence-corrected chi connectivity index (χ3v) is 7.61. The normalized spacial score (nSPS) is 32.1. The van der Waals surface area contributed by atoms with Gasteiger partial charge in [0.1, 0.15) is 17.4 Å². The van der Waals surface area contributed by atoms with Gasteiger partial charge in [-0.2, -0.15) is 0 Å². The smallest absolute Gasteiger partial charge is 0.312 e. The minimum Gasteiger partial charge on any atom is -0.497 e. The Morgan fingerprint density at radius 3 is 2.67 bits per heavy atom. The number of ether oxygens (including phenoxy) is 3. The number of carbonyl (C=O) groups excluding carboxylic acids is 3. The topological polar surface area (TPSA) is 114 Å². The zero-order valence-corrected chi connectivity index (χ0v) is 20.2. The van der Waals surface area contributed by atoms with E-state index in [9.17, 15) is 19.5 Å². The highest BCUT2D eigenvalue weighted by Crippen LogP contribution is 2.60. The van der Waals surface area contributed by atoms with Crippen molar-refractivity contribution in [1.29, 1.82) is 0 Å². The van der Waals surface area contributed by atoms with Gasteiger partial charge in [0, 0.05) is 23.7 Å². The van der Waals surface area contributed by atoms with Crippen LogP contribution in [0.5, 0.6) is 5.75 Å². The van der Waals surface area contributed by atoms with Crippen LogP contribution in [0.15, 0.2) is 24.3 Å². The SMILES string of the molecule is CCOC(=O)[C@H]1[C@@H]2OC3(CC2Br)C(C(=O)Nc2ccc(OC)cc2)N(CCCCO)C(=O)[C@H]13. The van der Waals surface area contributed by atoms with Crippen molar-refractivity contribution in [2.45, 2.75) is 48.8 Å². The van der Waals surface area contributed by atoms with Crippen LogP contribution in [0.4, 0.5) is 5.69 Å². The molecule has 9 nitrogen and oxygen atoms in total. The summed E-state index contributed by atoms with van der Waals surface area (Å²) in [5.74, 6) is -2.01. The number of fused-ring (bicyclic) bond motifs is 1. The number of anilines is 1. The van der Waals surface area contributed by atoms with Crippen LogP contribution >= 0.6 is 15.9 Å². The molecule has 0 radical (unpaired) electrons. The van der Waals surface area contributed by atoms with Crippen LogP contribution in [0.1, 0.15) is 26.2 Å². The van der Waals surface area contributed by atoms with Gasteiger partial charge in [0.05, 0.1) is 31.7 Å². The average Bonchev–Trinajstić information content (AvgIpc) is 3.38. The molecule has 4 rings (SSSR count). The lowest BCUT2D eigenvalue weighted by atomic mass is 9.70. The Morgan fingerprint density at radius 2 is 2.03 bits per heavy atom. The summed E-state index contributed by atoms with van der Waals surface area (Å²) in [6.45, 7) is 2.20. The molecule has 3 heterocycles. The Labute approximate surface area is 200 Å². The Bertz CT molecular complexity index is 911. The van der Waals surface area contributed by atoms with Gasteiger partial charge in [0.25, 0.3) is 0 Å². The minimum absolute atomic E-state index is 0.00713. The van der Waals surface area contributed by atoms with Gasteiger partial charge in [-0.25, -0.2) is 0 Å². The zero-order chi connectivity index (χ0) is 23.8. The number of methoxy groups -OCH3 is 1. The first-order chi connectivity index (χ1) is 15.9. The second kappa shape index (κ2) is 9.60. The predicted octanol–water partition coefficient (Wildman–Crippen LogP) is 1.72. The number of amides is 2. The van der Waals surface area contributed by atoms with E-state index >= 15 is 0 Å². The highest BCUT2D eigenvalue weighted by molar-refractivity contribution is 9.09. The summed E-state index contributed by atoms with van der Waals surface area (Å²) in [7, 11) is 1.56. The molecule has 0 saturated carbocycles. The van der Waals surface area contributed by atoms with Crippen molar-refractivity contribution >= 4 is 39.4 Å².